The van der Waals surface area contributed by atoms with Crippen LogP contribution >= 0.6 is 0 Å². The molecule has 2 heteroatoms. The molecule has 0 amide bonds. The van der Waals surface area contributed by atoms with Gasteiger partial charge in [-0.05, 0) is 18.8 Å². The summed E-state index contributed by atoms with van der Waals surface area (Å²) in [5.41, 5.74) is 0. The molecular weight excluding hydrogens is 248 g/mol. The van der Waals surface area contributed by atoms with Crippen LogP contribution in [-0.4, -0.2) is 11.1 Å². The topological polar surface area (TPSA) is 37.3 Å². The highest BCUT2D eigenvalue weighted by Gasteiger charge is 2.15. The van der Waals surface area contributed by atoms with E-state index in [0.717, 1.165) is 38.0 Å². The quantitative estimate of drug-likeness (QED) is 0.394. The first-order chi connectivity index (χ1) is 9.57. The number of hydrogen-bond donors (Lipinski definition) is 1. The molecule has 1 N–H and O–H groups in total. The Balaban J connectivity index is 3.38. The number of hydrogen-bond acceptors (Lipinski definition) is 1. The number of aliphatic carboxylic acids is 1. The fourth-order valence-corrected chi connectivity index (χ4v) is 2.67. The zero-order chi connectivity index (χ0) is 15.2. The molecule has 0 saturated heterocycles. The maximum atomic E-state index is 11.1. The zero-order valence-electron chi connectivity index (χ0n) is 14.0. The van der Waals surface area contributed by atoms with Crippen LogP contribution in [0.3, 0.4) is 0 Å². The average Bonchev–Trinajstić information content (AvgIpc) is 2.39. The van der Waals surface area contributed by atoms with Crippen molar-refractivity contribution in [3.05, 3.63) is 0 Å². The number of carboxylic acids is 1. The molecule has 0 radical (unpaired) electrons. The fraction of sp³-hybridized carbons (Fsp3) is 0.944. The Morgan fingerprint density at radius 2 is 1.25 bits per heavy atom. The van der Waals surface area contributed by atoms with E-state index < -0.39 is 5.97 Å². The Hall–Kier alpha value is -0.530. The molecule has 0 aromatic rings. The fourth-order valence-electron chi connectivity index (χ4n) is 2.67. The minimum atomic E-state index is -0.591. The van der Waals surface area contributed by atoms with Crippen molar-refractivity contribution in [3.8, 4) is 0 Å². The van der Waals surface area contributed by atoms with Gasteiger partial charge in [-0.2, -0.15) is 0 Å². The van der Waals surface area contributed by atoms with Crippen LogP contribution in [0.2, 0.25) is 0 Å². The summed E-state index contributed by atoms with van der Waals surface area (Å²) in [5, 5.41) is 9.14. The van der Waals surface area contributed by atoms with E-state index in [1.165, 1.54) is 44.9 Å². The van der Waals surface area contributed by atoms with E-state index >= 15 is 0 Å². The Morgan fingerprint density at radius 3 is 1.70 bits per heavy atom. The van der Waals surface area contributed by atoms with Gasteiger partial charge in [-0.25, -0.2) is 0 Å². The maximum Gasteiger partial charge on any atom is 0.306 e. The Labute approximate surface area is 126 Å². The second-order valence-corrected chi connectivity index (χ2v) is 6.62. The number of rotatable bonds is 14. The predicted octanol–water partition coefficient (Wildman–Crippen LogP) is 6.04. The van der Waals surface area contributed by atoms with Crippen LogP contribution in [-0.2, 0) is 4.79 Å². The summed E-state index contributed by atoms with van der Waals surface area (Å²) in [7, 11) is 0. The first kappa shape index (κ1) is 19.5. The molecule has 0 aliphatic carbocycles. The summed E-state index contributed by atoms with van der Waals surface area (Å²) >= 11 is 0. The number of carboxylic acid groups (broad SMARTS) is 1. The molecule has 0 rings (SSSR count). The van der Waals surface area contributed by atoms with E-state index in [2.05, 4.69) is 20.8 Å². The molecule has 1 atom stereocenters. The Morgan fingerprint density at radius 1 is 0.800 bits per heavy atom. The van der Waals surface area contributed by atoms with Crippen LogP contribution in [0.15, 0.2) is 0 Å². The summed E-state index contributed by atoms with van der Waals surface area (Å²) in [6.45, 7) is 6.70. The smallest absolute Gasteiger partial charge is 0.306 e. The molecule has 0 fully saturated rings. The first-order valence-corrected chi connectivity index (χ1v) is 8.80. The normalized spacial score (nSPS) is 12.8. The minimum Gasteiger partial charge on any atom is -0.481 e. The second-order valence-electron chi connectivity index (χ2n) is 6.62. The van der Waals surface area contributed by atoms with Crippen molar-refractivity contribution in [3.63, 3.8) is 0 Å². The summed E-state index contributed by atoms with van der Waals surface area (Å²) < 4.78 is 0. The predicted molar refractivity (Wildman–Crippen MR) is 87.0 cm³/mol. The molecule has 0 spiro atoms. The minimum absolute atomic E-state index is 0.0963. The van der Waals surface area contributed by atoms with Gasteiger partial charge >= 0.3 is 5.97 Å². The van der Waals surface area contributed by atoms with Crippen molar-refractivity contribution >= 4 is 5.97 Å². The lowest BCUT2D eigenvalue weighted by atomic mass is 9.95. The van der Waals surface area contributed by atoms with Gasteiger partial charge in [0.1, 0.15) is 0 Å². The summed E-state index contributed by atoms with van der Waals surface area (Å²) in [4.78, 5) is 11.1. The Bertz CT molecular complexity index is 223. The van der Waals surface area contributed by atoms with E-state index in [0.29, 0.717) is 0 Å². The SMILES string of the molecule is CCCCC(CCCCCCCCCC(C)C)C(=O)O. The lowest BCUT2D eigenvalue weighted by Crippen LogP contribution is -2.13. The highest BCUT2D eigenvalue weighted by molar-refractivity contribution is 5.69. The van der Waals surface area contributed by atoms with Gasteiger partial charge < -0.3 is 5.11 Å². The molecule has 0 heterocycles. The molecule has 0 aliphatic rings. The molecule has 2 nitrogen and oxygen atoms in total. The molecule has 0 aromatic carbocycles. The van der Waals surface area contributed by atoms with Crippen molar-refractivity contribution in [2.75, 3.05) is 0 Å². The van der Waals surface area contributed by atoms with Crippen molar-refractivity contribution in [2.24, 2.45) is 11.8 Å². The van der Waals surface area contributed by atoms with Gasteiger partial charge in [0.2, 0.25) is 0 Å². The summed E-state index contributed by atoms with van der Waals surface area (Å²) in [5.74, 6) is 0.152. The highest BCUT2D eigenvalue weighted by Crippen LogP contribution is 2.18. The van der Waals surface area contributed by atoms with E-state index in [1.807, 2.05) is 0 Å². The lowest BCUT2D eigenvalue weighted by molar-refractivity contribution is -0.142. The van der Waals surface area contributed by atoms with Crippen molar-refractivity contribution in [1.82, 2.24) is 0 Å². The molecule has 0 bridgehead atoms. The van der Waals surface area contributed by atoms with Gasteiger partial charge in [-0.3, -0.25) is 4.79 Å². The average molecular weight is 284 g/mol. The summed E-state index contributed by atoms with van der Waals surface area (Å²) in [6, 6.07) is 0. The van der Waals surface area contributed by atoms with Crippen molar-refractivity contribution < 1.29 is 9.90 Å². The standard InChI is InChI=1S/C18H36O2/c1-4-5-14-17(18(19)20)15-12-10-8-6-7-9-11-13-16(2)3/h16-17H,4-15H2,1-3H3,(H,19,20). The third-order valence-corrected chi connectivity index (χ3v) is 4.09. The van der Waals surface area contributed by atoms with Crippen molar-refractivity contribution in [2.45, 2.75) is 97.8 Å². The van der Waals surface area contributed by atoms with Gasteiger partial charge in [0.25, 0.3) is 0 Å². The van der Waals surface area contributed by atoms with Crippen LogP contribution in [0.1, 0.15) is 97.8 Å². The zero-order valence-corrected chi connectivity index (χ0v) is 14.0. The van der Waals surface area contributed by atoms with Gasteiger partial charge in [-0.15, -0.1) is 0 Å². The molecule has 0 aromatic heterocycles. The lowest BCUT2D eigenvalue weighted by Gasteiger charge is -2.11. The number of carbonyl (C=O) groups is 1. The van der Waals surface area contributed by atoms with E-state index in [9.17, 15) is 4.79 Å². The monoisotopic (exact) mass is 284 g/mol. The molecule has 0 aliphatic heterocycles. The van der Waals surface area contributed by atoms with Crippen LogP contribution in [0, 0.1) is 11.8 Å². The molecule has 1 unspecified atom stereocenters. The summed E-state index contributed by atoms with van der Waals surface area (Å²) in [6.07, 6.45) is 14.2. The molecule has 0 saturated carbocycles. The molecular formula is C18H36O2. The largest absolute Gasteiger partial charge is 0.481 e. The van der Waals surface area contributed by atoms with Gasteiger partial charge in [0.15, 0.2) is 0 Å². The van der Waals surface area contributed by atoms with E-state index in [1.54, 1.807) is 0 Å². The van der Waals surface area contributed by atoms with Crippen LogP contribution in [0.25, 0.3) is 0 Å². The first-order valence-electron chi connectivity index (χ1n) is 8.80. The van der Waals surface area contributed by atoms with Crippen LogP contribution in [0.5, 0.6) is 0 Å². The second kappa shape index (κ2) is 13.5. The number of unbranched alkanes of at least 4 members (excludes halogenated alkanes) is 7. The van der Waals surface area contributed by atoms with Gasteiger partial charge in [0, 0.05) is 0 Å². The van der Waals surface area contributed by atoms with Crippen LogP contribution < -0.4 is 0 Å². The molecule has 120 valence electrons. The van der Waals surface area contributed by atoms with E-state index in [4.69, 9.17) is 5.11 Å². The van der Waals surface area contributed by atoms with Crippen LogP contribution in [0.4, 0.5) is 0 Å². The Kier molecular flexibility index (Phi) is 13.1. The maximum absolute atomic E-state index is 11.1. The van der Waals surface area contributed by atoms with E-state index in [-0.39, 0.29) is 5.92 Å². The third-order valence-electron chi connectivity index (χ3n) is 4.09. The highest BCUT2D eigenvalue weighted by atomic mass is 16.4. The van der Waals surface area contributed by atoms with Gasteiger partial charge in [-0.1, -0.05) is 85.0 Å². The van der Waals surface area contributed by atoms with Crippen molar-refractivity contribution in [1.29, 1.82) is 0 Å². The molecule has 20 heavy (non-hydrogen) atoms. The van der Waals surface area contributed by atoms with Gasteiger partial charge in [0.05, 0.1) is 5.92 Å². The third kappa shape index (κ3) is 12.5.